The van der Waals surface area contributed by atoms with Crippen LogP contribution < -0.4 is 5.32 Å². The van der Waals surface area contributed by atoms with Gasteiger partial charge in [-0.05, 0) is 76.0 Å². The first-order chi connectivity index (χ1) is 8.50. The van der Waals surface area contributed by atoms with Crippen LogP contribution in [0.1, 0.15) is 72.1 Å². The van der Waals surface area contributed by atoms with Crippen LogP contribution >= 0.6 is 0 Å². The summed E-state index contributed by atoms with van der Waals surface area (Å²) in [5.41, 5.74) is 0.972. The number of nitrogens with one attached hydrogen (secondary N) is 1. The van der Waals surface area contributed by atoms with Gasteiger partial charge in [-0.25, -0.2) is 0 Å². The first kappa shape index (κ1) is 13.0. The average Bonchev–Trinajstić information content (AvgIpc) is 3.01. The number of rotatable bonds is 3. The molecule has 1 nitrogen and oxygen atoms in total. The van der Waals surface area contributed by atoms with Crippen molar-refractivity contribution in [1.82, 2.24) is 5.32 Å². The Morgan fingerprint density at radius 3 is 2.22 bits per heavy atom. The predicted molar refractivity (Wildman–Crippen MR) is 77.6 cm³/mol. The predicted octanol–water partition coefficient (Wildman–Crippen LogP) is 4.37. The van der Waals surface area contributed by atoms with E-state index in [2.05, 4.69) is 26.1 Å². The fraction of sp³-hybridized carbons (Fsp3) is 1.00. The van der Waals surface area contributed by atoms with Gasteiger partial charge in [-0.1, -0.05) is 19.3 Å². The summed E-state index contributed by atoms with van der Waals surface area (Å²) >= 11 is 0. The van der Waals surface area contributed by atoms with E-state index in [1.54, 1.807) is 12.8 Å². The maximum atomic E-state index is 3.87. The van der Waals surface area contributed by atoms with Gasteiger partial charge in [-0.15, -0.1) is 0 Å². The van der Waals surface area contributed by atoms with Crippen LogP contribution in [0.15, 0.2) is 0 Å². The minimum Gasteiger partial charge on any atom is -0.311 e. The average molecular weight is 249 g/mol. The molecule has 3 aliphatic carbocycles. The Kier molecular flexibility index (Phi) is 3.25. The second kappa shape index (κ2) is 4.51. The third-order valence-electron chi connectivity index (χ3n) is 6.14. The van der Waals surface area contributed by atoms with Crippen molar-refractivity contribution in [1.29, 1.82) is 0 Å². The van der Waals surface area contributed by atoms with Gasteiger partial charge >= 0.3 is 0 Å². The molecule has 3 aliphatic rings. The summed E-state index contributed by atoms with van der Waals surface area (Å²) in [6, 6.07) is 0. The molecule has 1 N–H and O–H groups in total. The third kappa shape index (κ3) is 2.24. The summed E-state index contributed by atoms with van der Waals surface area (Å²) in [5.74, 6) is 3.18. The van der Waals surface area contributed by atoms with Crippen molar-refractivity contribution in [3.8, 4) is 0 Å². The minimum absolute atomic E-state index is 0.285. The lowest BCUT2D eigenvalue weighted by Gasteiger charge is -2.45. The monoisotopic (exact) mass is 249 g/mol. The number of fused-ring (bicyclic) bond motifs is 2. The zero-order valence-corrected chi connectivity index (χ0v) is 12.6. The first-order valence-corrected chi connectivity index (χ1v) is 8.25. The van der Waals surface area contributed by atoms with Gasteiger partial charge in [0.2, 0.25) is 0 Å². The second-order valence-corrected chi connectivity index (χ2v) is 8.40. The molecule has 2 bridgehead atoms. The quantitative estimate of drug-likeness (QED) is 0.783. The lowest BCUT2D eigenvalue weighted by atomic mass is 9.64. The van der Waals surface area contributed by atoms with Gasteiger partial charge in [-0.2, -0.15) is 0 Å². The van der Waals surface area contributed by atoms with Crippen molar-refractivity contribution in [2.24, 2.45) is 23.2 Å². The van der Waals surface area contributed by atoms with E-state index in [0.29, 0.717) is 5.41 Å². The molecule has 0 radical (unpaired) electrons. The van der Waals surface area contributed by atoms with E-state index in [1.165, 1.54) is 45.1 Å². The largest absolute Gasteiger partial charge is 0.311 e. The first-order valence-electron chi connectivity index (χ1n) is 8.25. The van der Waals surface area contributed by atoms with E-state index in [1.807, 2.05) is 0 Å². The van der Waals surface area contributed by atoms with Crippen LogP contribution in [-0.4, -0.2) is 12.1 Å². The van der Waals surface area contributed by atoms with Crippen molar-refractivity contribution < 1.29 is 0 Å². The van der Waals surface area contributed by atoms with E-state index in [-0.39, 0.29) is 5.54 Å². The SMILES string of the molecule is CC(C)(C)NCC1(C2CCCC2)CC2CCC1C2. The highest BCUT2D eigenvalue weighted by Gasteiger charge is 2.54. The molecule has 18 heavy (non-hydrogen) atoms. The van der Waals surface area contributed by atoms with Crippen LogP contribution in [0.4, 0.5) is 0 Å². The Balaban J connectivity index is 1.76. The van der Waals surface area contributed by atoms with Crippen LogP contribution in [0.3, 0.4) is 0 Å². The van der Waals surface area contributed by atoms with Crippen molar-refractivity contribution in [2.75, 3.05) is 6.54 Å². The third-order valence-corrected chi connectivity index (χ3v) is 6.14. The molecular formula is C17H31N. The standard InChI is InChI=1S/C17H31N/c1-16(2,3)18-12-17(14-6-4-5-7-14)11-13-8-9-15(17)10-13/h13-15,18H,4-12H2,1-3H3. The van der Waals surface area contributed by atoms with Gasteiger partial charge in [0.15, 0.2) is 0 Å². The topological polar surface area (TPSA) is 12.0 Å². The van der Waals surface area contributed by atoms with Gasteiger partial charge in [0, 0.05) is 12.1 Å². The van der Waals surface area contributed by atoms with Gasteiger partial charge in [0.25, 0.3) is 0 Å². The molecule has 0 aliphatic heterocycles. The molecular weight excluding hydrogens is 218 g/mol. The molecule has 3 atom stereocenters. The maximum absolute atomic E-state index is 3.87. The lowest BCUT2D eigenvalue weighted by Crippen LogP contribution is -2.49. The summed E-state index contributed by atoms with van der Waals surface area (Å²) in [6.45, 7) is 8.26. The molecule has 0 saturated heterocycles. The molecule has 3 unspecified atom stereocenters. The van der Waals surface area contributed by atoms with Crippen molar-refractivity contribution >= 4 is 0 Å². The smallest absolute Gasteiger partial charge is 0.00967 e. The summed E-state index contributed by atoms with van der Waals surface area (Å²) in [5, 5.41) is 3.87. The van der Waals surface area contributed by atoms with E-state index >= 15 is 0 Å². The molecule has 0 aromatic heterocycles. The van der Waals surface area contributed by atoms with Crippen molar-refractivity contribution in [3.63, 3.8) is 0 Å². The molecule has 3 fully saturated rings. The number of hydrogen-bond acceptors (Lipinski definition) is 1. The van der Waals surface area contributed by atoms with Gasteiger partial charge in [-0.3, -0.25) is 0 Å². The van der Waals surface area contributed by atoms with E-state index in [4.69, 9.17) is 0 Å². The Morgan fingerprint density at radius 2 is 1.72 bits per heavy atom. The minimum atomic E-state index is 0.285. The van der Waals surface area contributed by atoms with E-state index in [0.717, 1.165) is 17.8 Å². The fourth-order valence-corrected chi connectivity index (χ4v) is 5.28. The van der Waals surface area contributed by atoms with Crippen LogP contribution in [0.25, 0.3) is 0 Å². The molecule has 0 amide bonds. The molecule has 3 rings (SSSR count). The molecule has 0 aromatic rings. The Morgan fingerprint density at radius 1 is 1.00 bits per heavy atom. The summed E-state index contributed by atoms with van der Waals surface area (Å²) in [6.07, 6.45) is 12.2. The highest BCUT2D eigenvalue weighted by atomic mass is 15.0. The molecule has 0 heterocycles. The Bertz CT molecular complexity index is 297. The molecule has 1 heteroatoms. The van der Waals surface area contributed by atoms with Crippen molar-refractivity contribution in [3.05, 3.63) is 0 Å². The fourth-order valence-electron chi connectivity index (χ4n) is 5.28. The van der Waals surface area contributed by atoms with Crippen LogP contribution in [0, 0.1) is 23.2 Å². The maximum Gasteiger partial charge on any atom is 0.00967 e. The molecule has 104 valence electrons. The van der Waals surface area contributed by atoms with Gasteiger partial charge in [0.1, 0.15) is 0 Å². The molecule has 3 saturated carbocycles. The summed E-state index contributed by atoms with van der Waals surface area (Å²) < 4.78 is 0. The van der Waals surface area contributed by atoms with Crippen LogP contribution in [0.5, 0.6) is 0 Å². The molecule has 0 aromatic carbocycles. The zero-order chi connectivity index (χ0) is 12.8. The normalized spacial score (nSPS) is 40.8. The Labute approximate surface area is 113 Å². The number of hydrogen-bond donors (Lipinski definition) is 1. The second-order valence-electron chi connectivity index (χ2n) is 8.40. The van der Waals surface area contributed by atoms with E-state index in [9.17, 15) is 0 Å². The van der Waals surface area contributed by atoms with Crippen LogP contribution in [0.2, 0.25) is 0 Å². The highest BCUT2D eigenvalue weighted by Crippen LogP contribution is 2.61. The summed E-state index contributed by atoms with van der Waals surface area (Å²) in [4.78, 5) is 0. The van der Waals surface area contributed by atoms with E-state index < -0.39 is 0 Å². The van der Waals surface area contributed by atoms with Gasteiger partial charge in [0.05, 0.1) is 0 Å². The Hall–Kier alpha value is -0.0400. The van der Waals surface area contributed by atoms with Crippen LogP contribution in [-0.2, 0) is 0 Å². The molecule has 0 spiro atoms. The lowest BCUT2D eigenvalue weighted by molar-refractivity contribution is 0.0675. The van der Waals surface area contributed by atoms with Gasteiger partial charge < -0.3 is 5.32 Å². The van der Waals surface area contributed by atoms with Crippen molar-refractivity contribution in [2.45, 2.75) is 77.7 Å². The highest BCUT2D eigenvalue weighted by molar-refractivity contribution is 5.05. The summed E-state index contributed by atoms with van der Waals surface area (Å²) in [7, 11) is 0. The zero-order valence-electron chi connectivity index (χ0n) is 12.6.